The summed E-state index contributed by atoms with van der Waals surface area (Å²) in [5.74, 6) is 0. The molecule has 0 aliphatic carbocycles. The number of nitrogens with zero attached hydrogens (tertiary/aromatic N) is 1. The van der Waals surface area contributed by atoms with Gasteiger partial charge < -0.3 is 0 Å². The van der Waals surface area contributed by atoms with E-state index < -0.39 is 12.1 Å². The number of carbonyl (C=O) groups excluding carboxylic acids is 1. The molecule has 1 aromatic rings. The van der Waals surface area contributed by atoms with Gasteiger partial charge in [0.25, 0.3) is 6.43 Å². The summed E-state index contributed by atoms with van der Waals surface area (Å²) in [7, 11) is 0. The molecule has 0 fully saturated rings. The molecule has 6 heteroatoms. The molecule has 14 heavy (non-hydrogen) atoms. The van der Waals surface area contributed by atoms with Crippen LogP contribution in [0, 0.1) is 0 Å². The number of hydrogen-bond acceptors (Lipinski definition) is 2. The minimum atomic E-state index is -2.79. The number of hydrogen-bond donors (Lipinski definition) is 0. The highest BCUT2D eigenvalue weighted by atomic mass is 79.9. The maximum absolute atomic E-state index is 12.3. The van der Waals surface area contributed by atoms with Crippen LogP contribution in [0.25, 0.3) is 0 Å². The summed E-state index contributed by atoms with van der Waals surface area (Å²) < 4.78 is 24.7. The Hall–Kier alpha value is -0.550. The van der Waals surface area contributed by atoms with Crippen molar-refractivity contribution in [3.63, 3.8) is 0 Å². The second-order valence-electron chi connectivity index (χ2n) is 2.46. The monoisotopic (exact) mass is 283 g/mol. The molecule has 0 bridgehead atoms. The predicted octanol–water partition coefficient (Wildman–Crippen LogP) is 3.38. The van der Waals surface area contributed by atoms with Crippen molar-refractivity contribution in [2.75, 3.05) is 0 Å². The van der Waals surface area contributed by atoms with E-state index in [2.05, 4.69) is 20.9 Å². The Bertz CT molecular complexity index is 359. The zero-order chi connectivity index (χ0) is 10.7. The largest absolute Gasteiger partial charge is 0.298 e. The third-order valence-electron chi connectivity index (χ3n) is 1.59. The van der Waals surface area contributed by atoms with Crippen LogP contribution in [0.5, 0.6) is 0 Å². The topological polar surface area (TPSA) is 30.0 Å². The molecule has 0 aliphatic heterocycles. The fraction of sp³-hybridized carbons (Fsp3) is 0.250. The molecule has 0 aliphatic rings. The first-order valence-electron chi connectivity index (χ1n) is 3.58. The average molecular weight is 284 g/mol. The standard InChI is InChI=1S/C8H5BrClF2NO/c9-2-4-1-5(3-14)6(8(11)12)13-7(4)10/h1,3,8H,2H2. The third kappa shape index (κ3) is 2.27. The van der Waals surface area contributed by atoms with Crippen LogP contribution in [0.4, 0.5) is 8.78 Å². The maximum atomic E-state index is 12.3. The molecule has 0 unspecified atom stereocenters. The van der Waals surface area contributed by atoms with E-state index in [4.69, 9.17) is 11.6 Å². The first-order valence-corrected chi connectivity index (χ1v) is 5.08. The molecular formula is C8H5BrClF2NO. The zero-order valence-electron chi connectivity index (χ0n) is 6.81. The Morgan fingerprint density at radius 1 is 1.64 bits per heavy atom. The number of carbonyl (C=O) groups is 1. The molecule has 0 saturated carbocycles. The lowest BCUT2D eigenvalue weighted by molar-refractivity contribution is 0.110. The summed E-state index contributed by atoms with van der Waals surface area (Å²) in [6, 6.07) is 1.30. The predicted molar refractivity (Wildman–Crippen MR) is 52.2 cm³/mol. The van der Waals surface area contributed by atoms with E-state index in [1.807, 2.05) is 0 Å². The number of halogens is 4. The molecule has 76 valence electrons. The Labute approximate surface area is 92.4 Å². The van der Waals surface area contributed by atoms with Crippen LogP contribution in [0.3, 0.4) is 0 Å². The summed E-state index contributed by atoms with van der Waals surface area (Å²) in [5, 5.41) is 0.353. The highest BCUT2D eigenvalue weighted by Gasteiger charge is 2.17. The van der Waals surface area contributed by atoms with E-state index in [1.54, 1.807) is 0 Å². The number of aromatic nitrogens is 1. The van der Waals surface area contributed by atoms with Crippen molar-refractivity contribution in [1.82, 2.24) is 4.98 Å². The van der Waals surface area contributed by atoms with Crippen molar-refractivity contribution in [2.24, 2.45) is 0 Å². The Morgan fingerprint density at radius 3 is 2.71 bits per heavy atom. The average Bonchev–Trinajstić information content (AvgIpc) is 2.17. The molecule has 0 amide bonds. The van der Waals surface area contributed by atoms with Crippen molar-refractivity contribution in [3.05, 3.63) is 28.0 Å². The van der Waals surface area contributed by atoms with Gasteiger partial charge in [-0.3, -0.25) is 4.79 Å². The lowest BCUT2D eigenvalue weighted by atomic mass is 10.1. The van der Waals surface area contributed by atoms with E-state index in [9.17, 15) is 13.6 Å². The Balaban J connectivity index is 3.31. The minimum absolute atomic E-state index is 0.0113. The van der Waals surface area contributed by atoms with Gasteiger partial charge in [-0.15, -0.1) is 0 Å². The van der Waals surface area contributed by atoms with Gasteiger partial charge in [0, 0.05) is 16.5 Å². The molecule has 0 spiro atoms. The number of rotatable bonds is 3. The molecule has 0 radical (unpaired) electrons. The van der Waals surface area contributed by atoms with E-state index >= 15 is 0 Å². The summed E-state index contributed by atoms with van der Waals surface area (Å²) >= 11 is 8.72. The first-order chi connectivity index (χ1) is 6.60. The Kier molecular flexibility index (Phi) is 3.95. The van der Waals surface area contributed by atoms with Gasteiger partial charge in [0.2, 0.25) is 0 Å². The van der Waals surface area contributed by atoms with Crippen molar-refractivity contribution in [1.29, 1.82) is 0 Å². The second-order valence-corrected chi connectivity index (χ2v) is 3.38. The van der Waals surface area contributed by atoms with Gasteiger partial charge >= 0.3 is 0 Å². The van der Waals surface area contributed by atoms with Crippen molar-refractivity contribution in [2.45, 2.75) is 11.8 Å². The number of pyridine rings is 1. The first kappa shape index (κ1) is 11.5. The van der Waals surface area contributed by atoms with Gasteiger partial charge in [0.05, 0.1) is 0 Å². The van der Waals surface area contributed by atoms with Gasteiger partial charge in [0.15, 0.2) is 6.29 Å². The smallest absolute Gasteiger partial charge is 0.281 e. The van der Waals surface area contributed by atoms with Crippen LogP contribution in [0.1, 0.15) is 28.0 Å². The van der Waals surface area contributed by atoms with E-state index in [0.717, 1.165) is 0 Å². The third-order valence-corrected chi connectivity index (χ3v) is 2.52. The van der Waals surface area contributed by atoms with E-state index in [1.165, 1.54) is 6.07 Å². The summed E-state index contributed by atoms with van der Waals surface area (Å²) in [5.41, 5.74) is -0.188. The lowest BCUT2D eigenvalue weighted by Gasteiger charge is -2.06. The van der Waals surface area contributed by atoms with E-state index in [0.29, 0.717) is 17.2 Å². The zero-order valence-corrected chi connectivity index (χ0v) is 9.15. The maximum Gasteiger partial charge on any atom is 0.281 e. The quantitative estimate of drug-likeness (QED) is 0.484. The van der Waals surface area contributed by atoms with Crippen LogP contribution in [0.15, 0.2) is 6.07 Å². The molecule has 2 nitrogen and oxygen atoms in total. The molecule has 1 heterocycles. The fourth-order valence-electron chi connectivity index (χ4n) is 0.926. The van der Waals surface area contributed by atoms with Crippen LogP contribution >= 0.6 is 27.5 Å². The minimum Gasteiger partial charge on any atom is -0.298 e. The summed E-state index contributed by atoms with van der Waals surface area (Å²) in [6.45, 7) is 0. The van der Waals surface area contributed by atoms with Gasteiger partial charge in [-0.05, 0) is 6.07 Å². The van der Waals surface area contributed by atoms with Crippen molar-refractivity contribution >= 4 is 33.8 Å². The van der Waals surface area contributed by atoms with Crippen molar-refractivity contribution < 1.29 is 13.6 Å². The van der Waals surface area contributed by atoms with Gasteiger partial charge in [-0.2, -0.15) is 0 Å². The van der Waals surface area contributed by atoms with Crippen molar-refractivity contribution in [3.8, 4) is 0 Å². The molecule has 0 saturated heterocycles. The summed E-state index contributed by atoms with van der Waals surface area (Å²) in [6.07, 6.45) is -2.45. The number of aldehydes is 1. The Morgan fingerprint density at radius 2 is 2.29 bits per heavy atom. The second kappa shape index (κ2) is 4.79. The van der Waals surface area contributed by atoms with E-state index in [-0.39, 0.29) is 10.7 Å². The lowest BCUT2D eigenvalue weighted by Crippen LogP contribution is -2.00. The van der Waals surface area contributed by atoms with Gasteiger partial charge in [0.1, 0.15) is 10.8 Å². The van der Waals surface area contributed by atoms with Crippen LogP contribution in [-0.4, -0.2) is 11.3 Å². The fourth-order valence-corrected chi connectivity index (χ4v) is 1.73. The number of alkyl halides is 3. The molecule has 0 aromatic carbocycles. The normalized spacial score (nSPS) is 10.6. The van der Waals surface area contributed by atoms with Crippen LogP contribution in [-0.2, 0) is 5.33 Å². The van der Waals surface area contributed by atoms with Crippen LogP contribution < -0.4 is 0 Å². The van der Waals surface area contributed by atoms with Crippen LogP contribution in [0.2, 0.25) is 5.15 Å². The molecule has 0 atom stereocenters. The van der Waals surface area contributed by atoms with Gasteiger partial charge in [-0.1, -0.05) is 27.5 Å². The van der Waals surface area contributed by atoms with Gasteiger partial charge in [-0.25, -0.2) is 13.8 Å². The highest BCUT2D eigenvalue weighted by molar-refractivity contribution is 9.08. The highest BCUT2D eigenvalue weighted by Crippen LogP contribution is 2.25. The summed E-state index contributed by atoms with van der Waals surface area (Å²) in [4.78, 5) is 13.9. The molecule has 1 aromatic heterocycles. The molecule has 1 rings (SSSR count). The molecular weight excluding hydrogens is 279 g/mol. The SMILES string of the molecule is O=Cc1cc(CBr)c(Cl)nc1C(F)F. The molecule has 0 N–H and O–H groups in total.